The Morgan fingerprint density at radius 3 is 2.64 bits per heavy atom. The molecule has 1 atom stereocenters. The van der Waals surface area contributed by atoms with Crippen molar-refractivity contribution >= 4 is 0 Å². The molecule has 0 radical (unpaired) electrons. The molecule has 78 valence electrons. The number of rotatable bonds is 4. The molecule has 0 aliphatic rings. The number of phenolic OH excluding ortho intramolecular Hbond substituents is 2. The first-order chi connectivity index (χ1) is 6.63. The molecule has 1 aromatic rings. The van der Waals surface area contributed by atoms with E-state index in [1.807, 2.05) is 6.92 Å². The zero-order chi connectivity index (χ0) is 10.6. The van der Waals surface area contributed by atoms with Crippen molar-refractivity contribution < 1.29 is 15.3 Å². The van der Waals surface area contributed by atoms with Crippen molar-refractivity contribution in [3.63, 3.8) is 0 Å². The molecule has 14 heavy (non-hydrogen) atoms. The van der Waals surface area contributed by atoms with Crippen LogP contribution in [-0.2, 0) is 6.54 Å². The van der Waals surface area contributed by atoms with Gasteiger partial charge in [0.05, 0.1) is 6.61 Å². The number of aliphatic hydroxyl groups excluding tert-OH is 1. The minimum atomic E-state index is -0.0109. The maximum Gasteiger partial charge on any atom is 0.123 e. The molecular weight excluding hydrogens is 182 g/mol. The summed E-state index contributed by atoms with van der Waals surface area (Å²) in [4.78, 5) is 0. The van der Waals surface area contributed by atoms with Crippen LogP contribution in [0.1, 0.15) is 12.5 Å². The van der Waals surface area contributed by atoms with Gasteiger partial charge in [0.2, 0.25) is 0 Å². The highest BCUT2D eigenvalue weighted by atomic mass is 16.3. The quantitative estimate of drug-likeness (QED) is 0.569. The molecule has 0 aliphatic heterocycles. The van der Waals surface area contributed by atoms with Crippen molar-refractivity contribution in [1.82, 2.24) is 5.32 Å². The van der Waals surface area contributed by atoms with E-state index in [-0.39, 0.29) is 24.1 Å². The summed E-state index contributed by atoms with van der Waals surface area (Å²) in [7, 11) is 0. The number of hydrogen-bond donors (Lipinski definition) is 4. The van der Waals surface area contributed by atoms with Gasteiger partial charge in [-0.3, -0.25) is 0 Å². The van der Waals surface area contributed by atoms with Gasteiger partial charge in [0, 0.05) is 24.2 Å². The highest BCUT2D eigenvalue weighted by molar-refractivity contribution is 5.38. The first kappa shape index (κ1) is 10.8. The molecule has 0 saturated carbocycles. The molecule has 0 amide bonds. The second-order valence-electron chi connectivity index (χ2n) is 3.28. The van der Waals surface area contributed by atoms with E-state index in [4.69, 9.17) is 10.2 Å². The Hall–Kier alpha value is -1.26. The van der Waals surface area contributed by atoms with Crippen molar-refractivity contribution in [1.29, 1.82) is 0 Å². The third-order valence-electron chi connectivity index (χ3n) is 1.98. The lowest BCUT2D eigenvalue weighted by atomic mass is 10.2. The number of hydrogen-bond acceptors (Lipinski definition) is 4. The van der Waals surface area contributed by atoms with E-state index >= 15 is 0 Å². The zero-order valence-electron chi connectivity index (χ0n) is 8.07. The summed E-state index contributed by atoms with van der Waals surface area (Å²) in [5, 5.41) is 30.2. The molecule has 0 aromatic heterocycles. The standard InChI is InChI=1S/C10H15NO3/c1-7(6-12)11-5-8-2-3-9(13)4-10(8)14/h2-4,7,11-14H,5-6H2,1H3/t7-/m0/s1. The number of aromatic hydroxyl groups is 2. The first-order valence-electron chi connectivity index (χ1n) is 4.48. The van der Waals surface area contributed by atoms with E-state index in [0.717, 1.165) is 0 Å². The van der Waals surface area contributed by atoms with Crippen LogP contribution in [0.3, 0.4) is 0 Å². The maximum atomic E-state index is 9.41. The molecule has 0 saturated heterocycles. The summed E-state index contributed by atoms with van der Waals surface area (Å²) >= 11 is 0. The van der Waals surface area contributed by atoms with Gasteiger partial charge in [-0.15, -0.1) is 0 Å². The van der Waals surface area contributed by atoms with Crippen LogP contribution in [0.25, 0.3) is 0 Å². The van der Waals surface area contributed by atoms with Gasteiger partial charge in [0.1, 0.15) is 11.5 Å². The normalized spacial score (nSPS) is 12.7. The lowest BCUT2D eigenvalue weighted by molar-refractivity contribution is 0.250. The first-order valence-corrected chi connectivity index (χ1v) is 4.48. The summed E-state index contributed by atoms with van der Waals surface area (Å²) < 4.78 is 0. The molecular formula is C10H15NO3. The summed E-state index contributed by atoms with van der Waals surface area (Å²) in [6.07, 6.45) is 0. The van der Waals surface area contributed by atoms with Crippen LogP contribution in [0.4, 0.5) is 0 Å². The van der Waals surface area contributed by atoms with Crippen LogP contribution in [0, 0.1) is 0 Å². The molecule has 4 nitrogen and oxygen atoms in total. The lowest BCUT2D eigenvalue weighted by Crippen LogP contribution is -2.28. The van der Waals surface area contributed by atoms with E-state index in [9.17, 15) is 5.11 Å². The molecule has 4 N–H and O–H groups in total. The fraction of sp³-hybridized carbons (Fsp3) is 0.400. The smallest absolute Gasteiger partial charge is 0.123 e. The van der Waals surface area contributed by atoms with E-state index in [2.05, 4.69) is 5.32 Å². The Labute approximate surface area is 82.8 Å². The van der Waals surface area contributed by atoms with Gasteiger partial charge in [-0.05, 0) is 13.0 Å². The van der Waals surface area contributed by atoms with Crippen LogP contribution in [0.2, 0.25) is 0 Å². The molecule has 0 spiro atoms. The SMILES string of the molecule is C[C@@H](CO)NCc1ccc(O)cc1O. The average Bonchev–Trinajstić information content (AvgIpc) is 2.16. The van der Waals surface area contributed by atoms with Gasteiger partial charge in [-0.2, -0.15) is 0 Å². The van der Waals surface area contributed by atoms with Crippen molar-refractivity contribution in [2.45, 2.75) is 19.5 Å². The maximum absolute atomic E-state index is 9.41. The van der Waals surface area contributed by atoms with Crippen molar-refractivity contribution in [2.24, 2.45) is 0 Å². The van der Waals surface area contributed by atoms with Gasteiger partial charge in [0.15, 0.2) is 0 Å². The zero-order valence-corrected chi connectivity index (χ0v) is 8.07. The van der Waals surface area contributed by atoms with E-state index in [0.29, 0.717) is 12.1 Å². The monoisotopic (exact) mass is 197 g/mol. The second kappa shape index (κ2) is 4.83. The summed E-state index contributed by atoms with van der Waals surface area (Å²) in [5.74, 6) is 0.101. The number of benzene rings is 1. The molecule has 1 rings (SSSR count). The van der Waals surface area contributed by atoms with Crippen LogP contribution in [0.5, 0.6) is 11.5 Å². The molecule has 0 fully saturated rings. The Morgan fingerprint density at radius 1 is 1.36 bits per heavy atom. The Kier molecular flexibility index (Phi) is 3.73. The molecule has 0 bridgehead atoms. The fourth-order valence-electron chi connectivity index (χ4n) is 1.05. The Balaban J connectivity index is 2.59. The molecule has 4 heteroatoms. The summed E-state index contributed by atoms with van der Waals surface area (Å²) in [5.41, 5.74) is 0.697. The predicted octanol–water partition coefficient (Wildman–Crippen LogP) is 0.568. The number of aliphatic hydroxyl groups is 1. The van der Waals surface area contributed by atoms with Gasteiger partial charge >= 0.3 is 0 Å². The highest BCUT2D eigenvalue weighted by Crippen LogP contribution is 2.22. The van der Waals surface area contributed by atoms with Crippen molar-refractivity contribution in [3.05, 3.63) is 23.8 Å². The van der Waals surface area contributed by atoms with Gasteiger partial charge < -0.3 is 20.6 Å². The van der Waals surface area contributed by atoms with Gasteiger partial charge in [-0.25, -0.2) is 0 Å². The van der Waals surface area contributed by atoms with Gasteiger partial charge in [0.25, 0.3) is 0 Å². The third kappa shape index (κ3) is 2.90. The fourth-order valence-corrected chi connectivity index (χ4v) is 1.05. The Bertz CT molecular complexity index is 301. The minimum absolute atomic E-state index is 0.0109. The van der Waals surface area contributed by atoms with Crippen LogP contribution in [-0.4, -0.2) is 28.0 Å². The highest BCUT2D eigenvalue weighted by Gasteiger charge is 2.04. The predicted molar refractivity (Wildman–Crippen MR) is 53.2 cm³/mol. The molecule has 0 aliphatic carbocycles. The number of phenols is 2. The largest absolute Gasteiger partial charge is 0.508 e. The van der Waals surface area contributed by atoms with Crippen LogP contribution < -0.4 is 5.32 Å². The summed E-state index contributed by atoms with van der Waals surface area (Å²) in [6.45, 7) is 2.37. The van der Waals surface area contributed by atoms with Crippen molar-refractivity contribution in [2.75, 3.05) is 6.61 Å². The number of nitrogens with one attached hydrogen (secondary N) is 1. The lowest BCUT2D eigenvalue weighted by Gasteiger charge is -2.11. The third-order valence-corrected chi connectivity index (χ3v) is 1.98. The molecule has 1 aromatic carbocycles. The topological polar surface area (TPSA) is 72.7 Å². The minimum Gasteiger partial charge on any atom is -0.508 e. The van der Waals surface area contributed by atoms with Crippen molar-refractivity contribution in [3.8, 4) is 11.5 Å². The second-order valence-corrected chi connectivity index (χ2v) is 3.28. The van der Waals surface area contributed by atoms with Crippen LogP contribution in [0.15, 0.2) is 18.2 Å². The molecule has 0 unspecified atom stereocenters. The van der Waals surface area contributed by atoms with Gasteiger partial charge in [-0.1, -0.05) is 6.07 Å². The average molecular weight is 197 g/mol. The molecule has 0 heterocycles. The van der Waals surface area contributed by atoms with E-state index in [1.165, 1.54) is 12.1 Å². The summed E-state index contributed by atoms with van der Waals surface area (Å²) in [6, 6.07) is 4.44. The van der Waals surface area contributed by atoms with Crippen LogP contribution >= 0.6 is 0 Å². The Morgan fingerprint density at radius 2 is 2.07 bits per heavy atom. The van der Waals surface area contributed by atoms with E-state index < -0.39 is 0 Å². The van der Waals surface area contributed by atoms with E-state index in [1.54, 1.807) is 6.07 Å².